The van der Waals surface area contributed by atoms with Crippen LogP contribution in [-0.4, -0.2) is 143 Å². The molecule has 50 heavy (non-hydrogen) atoms. The molecule has 3 N–H and O–H groups in total. The van der Waals surface area contributed by atoms with Crippen molar-refractivity contribution in [3.8, 4) is 0 Å². The van der Waals surface area contributed by atoms with Gasteiger partial charge < -0.3 is 58.1 Å². The van der Waals surface area contributed by atoms with E-state index in [1.807, 2.05) is 60.5 Å². The van der Waals surface area contributed by atoms with Gasteiger partial charge in [-0.25, -0.2) is 0 Å². The lowest BCUT2D eigenvalue weighted by Crippen LogP contribution is -2.78. The molecule has 0 aliphatic carbocycles. The second kappa shape index (κ2) is 14.4. The van der Waals surface area contributed by atoms with Crippen LogP contribution >= 0.6 is 0 Å². The van der Waals surface area contributed by atoms with E-state index >= 15 is 0 Å². The van der Waals surface area contributed by atoms with E-state index in [1.54, 1.807) is 27.9 Å². The normalized spacial score (nSPS) is 54.7. The fraction of sp³-hybridized carbons (Fsp3) is 0.973. The van der Waals surface area contributed by atoms with Gasteiger partial charge in [-0.1, -0.05) is 20.8 Å². The number of esters is 1. The molecule has 0 radical (unpaired) electrons. The van der Waals surface area contributed by atoms with Gasteiger partial charge in [0.2, 0.25) is 0 Å². The molecule has 13 nitrogen and oxygen atoms in total. The van der Waals surface area contributed by atoms with Gasteiger partial charge >= 0.3 is 5.97 Å². The topological polar surface area (TPSA) is 155 Å². The van der Waals surface area contributed by atoms with Gasteiger partial charge in [0.25, 0.3) is 0 Å². The molecule has 6 saturated heterocycles. The summed E-state index contributed by atoms with van der Waals surface area (Å²) in [6.07, 6.45) is -6.57. The maximum absolute atomic E-state index is 14.2. The van der Waals surface area contributed by atoms with Gasteiger partial charge in [0.15, 0.2) is 12.6 Å². The highest BCUT2D eigenvalue weighted by atomic mass is 16.7. The van der Waals surface area contributed by atoms with Crippen molar-refractivity contribution in [1.82, 2.24) is 4.90 Å². The number of hydrogen-bond acceptors (Lipinski definition) is 13. The molecule has 0 saturated carbocycles. The summed E-state index contributed by atoms with van der Waals surface area (Å²) >= 11 is 0. The molecule has 6 rings (SSSR count). The highest BCUT2D eigenvalue weighted by Gasteiger charge is 2.70. The molecule has 4 bridgehead atoms. The standard InChI is InChI=1S/C37H65NO12/c1-14-24-36(9)33(42)37(10,50-36)29-18(2)16-35(8,49-29)30(48-32-26(39)23(38(11)12)15-19(3)44-32)20(4)27(21(5)31(41)46-24)47-25-17-34(7,43-13)28(40)22(6)45-25/h18-30,32-33,39-40,42H,14-17H2,1-13H3. The Morgan fingerprint density at radius 2 is 1.60 bits per heavy atom. The highest BCUT2D eigenvalue weighted by molar-refractivity contribution is 5.73. The van der Waals surface area contributed by atoms with Crippen molar-refractivity contribution in [3.05, 3.63) is 0 Å². The van der Waals surface area contributed by atoms with Crippen molar-refractivity contribution in [2.45, 2.75) is 191 Å². The Bertz CT molecular complexity index is 1210. The summed E-state index contributed by atoms with van der Waals surface area (Å²) < 4.78 is 51.8. The summed E-state index contributed by atoms with van der Waals surface area (Å²) in [6, 6.07) is -0.213. The first-order valence-corrected chi connectivity index (χ1v) is 18.6. The van der Waals surface area contributed by atoms with Crippen molar-refractivity contribution < 1.29 is 58.0 Å². The van der Waals surface area contributed by atoms with Gasteiger partial charge in [0.1, 0.15) is 35.6 Å². The largest absolute Gasteiger partial charge is 0.459 e. The minimum atomic E-state index is -1.15. The zero-order valence-electron chi connectivity index (χ0n) is 32.5. The van der Waals surface area contributed by atoms with Crippen LogP contribution in [0.1, 0.15) is 94.9 Å². The molecular formula is C37H65NO12. The van der Waals surface area contributed by atoms with Gasteiger partial charge in [-0.3, -0.25) is 4.79 Å². The van der Waals surface area contributed by atoms with Crippen LogP contribution in [0.4, 0.5) is 0 Å². The lowest BCUT2D eigenvalue weighted by Gasteiger charge is -2.61. The predicted octanol–water partition coefficient (Wildman–Crippen LogP) is 2.78. The Morgan fingerprint density at radius 1 is 0.940 bits per heavy atom. The number of likely N-dealkylation sites (N-methyl/N-ethyl adjacent to an activating group) is 1. The summed E-state index contributed by atoms with van der Waals surface area (Å²) in [5.74, 6) is -1.97. The van der Waals surface area contributed by atoms with Crippen LogP contribution in [0.25, 0.3) is 0 Å². The van der Waals surface area contributed by atoms with Gasteiger partial charge in [0.05, 0.1) is 47.6 Å². The molecule has 0 spiro atoms. The molecule has 19 atom stereocenters. The number of aliphatic hydroxyl groups is 3. The van der Waals surface area contributed by atoms with Crippen molar-refractivity contribution >= 4 is 5.97 Å². The third-order valence-electron chi connectivity index (χ3n) is 12.8. The molecule has 6 aliphatic rings. The second-order valence-corrected chi connectivity index (χ2v) is 17.1. The SMILES string of the molecule is CCC1OC(=O)C(C)C(OC2CC(C)(OC)C(O)C(C)O2)C(C)C(OC2OC(C)CC(N(C)C)C2O)C2(C)CC(C)C(O2)C2(C)OC1(C)C2O. The van der Waals surface area contributed by atoms with Crippen LogP contribution in [0.3, 0.4) is 0 Å². The average Bonchev–Trinajstić information content (AvgIpc) is 3.38. The average molecular weight is 716 g/mol. The quantitative estimate of drug-likeness (QED) is 0.332. The van der Waals surface area contributed by atoms with E-state index in [0.717, 1.165) is 0 Å². The molecule has 6 fully saturated rings. The van der Waals surface area contributed by atoms with Gasteiger partial charge in [-0.05, 0) is 87.7 Å². The molecule has 6 heterocycles. The Balaban J connectivity index is 1.59. The molecular weight excluding hydrogens is 650 g/mol. The van der Waals surface area contributed by atoms with Gasteiger partial charge in [-0.15, -0.1) is 0 Å². The number of rotatable bonds is 7. The first-order valence-electron chi connectivity index (χ1n) is 18.6. The van der Waals surface area contributed by atoms with Crippen LogP contribution in [0.5, 0.6) is 0 Å². The fourth-order valence-corrected chi connectivity index (χ4v) is 9.87. The van der Waals surface area contributed by atoms with E-state index in [4.69, 9.17) is 37.9 Å². The number of nitrogens with zero attached hydrogens (tertiary/aromatic N) is 1. The first kappa shape index (κ1) is 40.2. The summed E-state index contributed by atoms with van der Waals surface area (Å²) in [7, 11) is 5.39. The maximum atomic E-state index is 14.2. The van der Waals surface area contributed by atoms with Crippen molar-refractivity contribution in [2.24, 2.45) is 17.8 Å². The van der Waals surface area contributed by atoms with Crippen molar-refractivity contribution in [1.29, 1.82) is 0 Å². The molecule has 0 amide bonds. The fourth-order valence-electron chi connectivity index (χ4n) is 9.87. The van der Waals surface area contributed by atoms with Gasteiger partial charge in [0, 0.05) is 25.5 Å². The van der Waals surface area contributed by atoms with Crippen LogP contribution < -0.4 is 0 Å². The Morgan fingerprint density at radius 3 is 2.18 bits per heavy atom. The smallest absolute Gasteiger partial charge is 0.311 e. The molecule has 0 aromatic carbocycles. The number of carbonyl (C=O) groups excluding carboxylic acids is 1. The van der Waals surface area contributed by atoms with Crippen LogP contribution in [-0.2, 0) is 42.7 Å². The molecule has 6 aliphatic heterocycles. The number of methoxy groups -OCH3 is 1. The van der Waals surface area contributed by atoms with E-state index in [1.165, 1.54) is 0 Å². The molecule has 290 valence electrons. The monoisotopic (exact) mass is 715 g/mol. The predicted molar refractivity (Wildman–Crippen MR) is 182 cm³/mol. The van der Waals surface area contributed by atoms with Crippen LogP contribution in [0.15, 0.2) is 0 Å². The summed E-state index contributed by atoms with van der Waals surface area (Å²) in [4.78, 5) is 16.2. The maximum Gasteiger partial charge on any atom is 0.311 e. The summed E-state index contributed by atoms with van der Waals surface area (Å²) in [5, 5.41) is 34.4. The number of aliphatic hydroxyl groups excluding tert-OH is 3. The zero-order chi connectivity index (χ0) is 37.3. The zero-order valence-corrected chi connectivity index (χ0v) is 32.5. The summed E-state index contributed by atoms with van der Waals surface area (Å²) in [6.45, 7) is 18.8. The number of hydrogen-bond donors (Lipinski definition) is 3. The Kier molecular flexibility index (Phi) is 11.5. The molecule has 13 heteroatoms. The van der Waals surface area contributed by atoms with Gasteiger partial charge in [-0.2, -0.15) is 0 Å². The number of fused-ring (bicyclic) bond motifs is 6. The molecule has 0 aromatic heterocycles. The van der Waals surface area contributed by atoms with E-state index in [9.17, 15) is 20.1 Å². The molecule has 0 aromatic rings. The van der Waals surface area contributed by atoms with E-state index in [0.29, 0.717) is 19.3 Å². The third kappa shape index (κ3) is 6.80. The lowest BCUT2D eigenvalue weighted by molar-refractivity contribution is -0.391. The second-order valence-electron chi connectivity index (χ2n) is 17.1. The number of carbonyl (C=O) groups is 1. The van der Waals surface area contributed by atoms with Crippen LogP contribution in [0, 0.1) is 17.8 Å². The minimum Gasteiger partial charge on any atom is -0.459 e. The Hall–Kier alpha value is -0.970. The highest BCUT2D eigenvalue weighted by Crippen LogP contribution is 2.55. The van der Waals surface area contributed by atoms with Crippen molar-refractivity contribution in [2.75, 3.05) is 21.2 Å². The third-order valence-corrected chi connectivity index (χ3v) is 12.8. The van der Waals surface area contributed by atoms with E-state index < -0.39 is 102 Å². The summed E-state index contributed by atoms with van der Waals surface area (Å²) in [5.41, 5.74) is -4.16. The number of ether oxygens (including phenoxy) is 8. The van der Waals surface area contributed by atoms with Crippen molar-refractivity contribution in [3.63, 3.8) is 0 Å². The van der Waals surface area contributed by atoms with Crippen LogP contribution in [0.2, 0.25) is 0 Å². The lowest BCUT2D eigenvalue weighted by atomic mass is 9.69. The van der Waals surface area contributed by atoms with E-state index in [-0.39, 0.29) is 24.5 Å². The molecule has 19 unspecified atom stereocenters. The first-order chi connectivity index (χ1) is 23.2. The Labute approximate surface area is 298 Å². The van der Waals surface area contributed by atoms with E-state index in [2.05, 4.69) is 6.92 Å². The minimum absolute atomic E-state index is 0.0538.